The van der Waals surface area contributed by atoms with Gasteiger partial charge in [-0.05, 0) is 47.4 Å². The van der Waals surface area contributed by atoms with Gasteiger partial charge in [0.05, 0.1) is 18.7 Å². The molecule has 1 saturated carbocycles. The lowest BCUT2D eigenvalue weighted by Crippen LogP contribution is -2.40. The molecule has 5 heteroatoms. The monoisotopic (exact) mass is 441 g/mol. The van der Waals surface area contributed by atoms with E-state index in [1.165, 1.54) is 0 Å². The number of methoxy groups -OCH3 is 1. The summed E-state index contributed by atoms with van der Waals surface area (Å²) in [5.74, 6) is -0.571. The number of fused-ring (bicyclic) bond motifs is 1. The van der Waals surface area contributed by atoms with Gasteiger partial charge in [0.2, 0.25) is 0 Å². The maximum atomic E-state index is 13.3. The Morgan fingerprint density at radius 3 is 2.30 bits per heavy atom. The third-order valence-corrected chi connectivity index (χ3v) is 6.90. The summed E-state index contributed by atoms with van der Waals surface area (Å²) in [6.45, 7) is 0. The Kier molecular flexibility index (Phi) is 5.63. The molecule has 0 aromatic heterocycles. The van der Waals surface area contributed by atoms with Crippen molar-refractivity contribution in [3.8, 4) is 5.75 Å². The molecule has 0 radical (unpaired) electrons. The van der Waals surface area contributed by atoms with Gasteiger partial charge in [-0.2, -0.15) is 0 Å². The van der Waals surface area contributed by atoms with E-state index in [2.05, 4.69) is 0 Å². The van der Waals surface area contributed by atoms with Crippen LogP contribution in [0.4, 0.5) is 0 Å². The number of ketones is 1. The van der Waals surface area contributed by atoms with Gasteiger partial charge in [-0.1, -0.05) is 67.8 Å². The van der Waals surface area contributed by atoms with Crippen molar-refractivity contribution >= 4 is 28.2 Å². The van der Waals surface area contributed by atoms with E-state index >= 15 is 0 Å². The number of hydrogen-bond donors (Lipinski definition) is 1. The summed E-state index contributed by atoms with van der Waals surface area (Å²) in [6, 6.07) is 20.2. The average molecular weight is 442 g/mol. The molecule has 168 valence electrons. The molecule has 1 atom stereocenters. The lowest BCUT2D eigenvalue weighted by atomic mass is 9.90. The highest BCUT2D eigenvalue weighted by Gasteiger charge is 2.48. The van der Waals surface area contributed by atoms with Gasteiger partial charge in [-0.25, -0.2) is 0 Å². The van der Waals surface area contributed by atoms with Crippen LogP contribution < -0.4 is 4.74 Å². The summed E-state index contributed by atoms with van der Waals surface area (Å²) in [5, 5.41) is 13.4. The van der Waals surface area contributed by atoms with Crippen LogP contribution >= 0.6 is 0 Å². The SMILES string of the molecule is COc1ccc(C2/C(=C(/O)c3ccc4ccccc4c3)C(=O)C(=O)N2C2CCCCC2)cc1. The highest BCUT2D eigenvalue weighted by atomic mass is 16.5. The van der Waals surface area contributed by atoms with E-state index in [4.69, 9.17) is 4.74 Å². The Balaban J connectivity index is 1.66. The molecule has 33 heavy (non-hydrogen) atoms. The molecular weight excluding hydrogens is 414 g/mol. The van der Waals surface area contributed by atoms with Crippen molar-refractivity contribution in [1.29, 1.82) is 0 Å². The first-order valence-corrected chi connectivity index (χ1v) is 11.5. The summed E-state index contributed by atoms with van der Waals surface area (Å²) in [6.07, 6.45) is 4.96. The zero-order valence-electron chi connectivity index (χ0n) is 18.7. The van der Waals surface area contributed by atoms with Crippen LogP contribution in [0.3, 0.4) is 0 Å². The number of nitrogens with zero attached hydrogens (tertiary/aromatic N) is 1. The Labute approximate surface area is 193 Å². The third kappa shape index (κ3) is 3.78. The molecule has 5 rings (SSSR count). The van der Waals surface area contributed by atoms with E-state index in [0.29, 0.717) is 11.3 Å². The van der Waals surface area contributed by atoms with Crippen molar-refractivity contribution in [2.75, 3.05) is 7.11 Å². The maximum absolute atomic E-state index is 13.3. The highest BCUT2D eigenvalue weighted by Crippen LogP contribution is 2.43. The van der Waals surface area contributed by atoms with Crippen molar-refractivity contribution in [1.82, 2.24) is 4.90 Å². The molecule has 1 saturated heterocycles. The number of hydrogen-bond acceptors (Lipinski definition) is 4. The number of carbonyl (C=O) groups is 2. The molecule has 1 heterocycles. The lowest BCUT2D eigenvalue weighted by molar-refractivity contribution is -0.141. The van der Waals surface area contributed by atoms with Crippen LogP contribution in [0.15, 0.2) is 72.3 Å². The molecule has 3 aromatic carbocycles. The molecule has 0 spiro atoms. The minimum atomic E-state index is -0.620. The molecule has 1 aliphatic carbocycles. The summed E-state index contributed by atoms with van der Waals surface area (Å²) in [7, 11) is 1.60. The van der Waals surface area contributed by atoms with Crippen LogP contribution in [-0.4, -0.2) is 34.8 Å². The van der Waals surface area contributed by atoms with Crippen molar-refractivity contribution < 1.29 is 19.4 Å². The van der Waals surface area contributed by atoms with Gasteiger partial charge in [0.15, 0.2) is 0 Å². The van der Waals surface area contributed by atoms with Gasteiger partial charge in [-0.15, -0.1) is 0 Å². The molecule has 0 bridgehead atoms. The average Bonchev–Trinajstić information content (AvgIpc) is 3.14. The van der Waals surface area contributed by atoms with Gasteiger partial charge < -0.3 is 14.7 Å². The van der Waals surface area contributed by atoms with E-state index in [-0.39, 0.29) is 17.4 Å². The number of carbonyl (C=O) groups excluding carboxylic acids is 2. The van der Waals surface area contributed by atoms with Crippen molar-refractivity contribution in [3.63, 3.8) is 0 Å². The smallest absolute Gasteiger partial charge is 0.295 e. The van der Waals surface area contributed by atoms with Gasteiger partial charge in [0, 0.05) is 11.6 Å². The van der Waals surface area contributed by atoms with Crippen molar-refractivity contribution in [2.24, 2.45) is 0 Å². The van der Waals surface area contributed by atoms with E-state index in [0.717, 1.165) is 48.4 Å². The van der Waals surface area contributed by atoms with Gasteiger partial charge >= 0.3 is 0 Å². The molecule has 2 aliphatic rings. The number of likely N-dealkylation sites (tertiary alicyclic amines) is 1. The van der Waals surface area contributed by atoms with Gasteiger partial charge in [0.1, 0.15) is 11.5 Å². The van der Waals surface area contributed by atoms with Crippen LogP contribution in [0.2, 0.25) is 0 Å². The standard InChI is InChI=1S/C28H27NO4/c1-33-23-15-13-19(14-16-23)25-24(27(31)28(32)29(25)22-9-3-2-4-10-22)26(30)21-12-11-18-7-5-6-8-20(18)17-21/h5-8,11-17,22,25,30H,2-4,9-10H2,1H3/b26-24-. The zero-order chi connectivity index (χ0) is 22.9. The Morgan fingerprint density at radius 1 is 0.909 bits per heavy atom. The van der Waals surface area contributed by atoms with Crippen LogP contribution in [0, 0.1) is 0 Å². The summed E-state index contributed by atoms with van der Waals surface area (Å²) < 4.78 is 5.29. The quantitative estimate of drug-likeness (QED) is 0.325. The van der Waals surface area contributed by atoms with Crippen LogP contribution in [0.1, 0.15) is 49.3 Å². The second-order valence-electron chi connectivity index (χ2n) is 8.83. The largest absolute Gasteiger partial charge is 0.507 e. The second kappa shape index (κ2) is 8.74. The Hall–Kier alpha value is -3.60. The normalized spacial score (nSPS) is 21.0. The molecule has 1 aliphatic heterocycles. The van der Waals surface area contributed by atoms with Crippen LogP contribution in [0.25, 0.3) is 16.5 Å². The van der Waals surface area contributed by atoms with E-state index < -0.39 is 17.7 Å². The first-order chi connectivity index (χ1) is 16.1. The summed E-state index contributed by atoms with van der Waals surface area (Å²) in [4.78, 5) is 28.3. The third-order valence-electron chi connectivity index (χ3n) is 6.90. The predicted molar refractivity (Wildman–Crippen MR) is 128 cm³/mol. The van der Waals surface area contributed by atoms with E-state index in [1.54, 1.807) is 18.1 Å². The summed E-state index contributed by atoms with van der Waals surface area (Å²) >= 11 is 0. The lowest BCUT2D eigenvalue weighted by Gasteiger charge is -2.35. The number of Topliss-reactive ketones (excluding diaryl/α,β-unsaturated/α-hetero) is 1. The van der Waals surface area contributed by atoms with Crippen molar-refractivity contribution in [3.05, 3.63) is 83.4 Å². The number of benzene rings is 3. The molecule has 3 aromatic rings. The summed E-state index contributed by atoms with van der Waals surface area (Å²) in [5.41, 5.74) is 1.49. The van der Waals surface area contributed by atoms with Gasteiger partial charge in [0.25, 0.3) is 11.7 Å². The van der Waals surface area contributed by atoms with Gasteiger partial charge in [-0.3, -0.25) is 9.59 Å². The fraction of sp³-hybridized carbons (Fsp3) is 0.286. The fourth-order valence-corrected chi connectivity index (χ4v) is 5.19. The van der Waals surface area contributed by atoms with E-state index in [9.17, 15) is 14.7 Å². The molecule has 2 fully saturated rings. The van der Waals surface area contributed by atoms with E-state index in [1.807, 2.05) is 60.7 Å². The van der Waals surface area contributed by atoms with Crippen LogP contribution in [0.5, 0.6) is 5.75 Å². The molecular formula is C28H27NO4. The first kappa shape index (κ1) is 21.3. The minimum Gasteiger partial charge on any atom is -0.507 e. The number of amides is 1. The number of rotatable bonds is 4. The van der Waals surface area contributed by atoms with Crippen LogP contribution in [-0.2, 0) is 9.59 Å². The second-order valence-corrected chi connectivity index (χ2v) is 8.83. The number of ether oxygens (including phenoxy) is 1. The van der Waals surface area contributed by atoms with Crippen molar-refractivity contribution in [2.45, 2.75) is 44.2 Å². The maximum Gasteiger partial charge on any atom is 0.295 e. The highest BCUT2D eigenvalue weighted by molar-refractivity contribution is 6.46. The Morgan fingerprint density at radius 2 is 1.61 bits per heavy atom. The zero-order valence-corrected chi connectivity index (χ0v) is 18.7. The number of aliphatic hydroxyl groups excluding tert-OH is 1. The minimum absolute atomic E-state index is 0.01000. The molecule has 5 nitrogen and oxygen atoms in total. The first-order valence-electron chi connectivity index (χ1n) is 11.5. The topological polar surface area (TPSA) is 66.8 Å². The molecule has 1 N–H and O–H groups in total. The fourth-order valence-electron chi connectivity index (χ4n) is 5.19. The molecule has 1 amide bonds. The molecule has 1 unspecified atom stereocenters. The predicted octanol–water partition coefficient (Wildman–Crippen LogP) is 5.60. The Bertz CT molecular complexity index is 1240. The number of aliphatic hydroxyl groups is 1.